The minimum atomic E-state index is 0.111. The van der Waals surface area contributed by atoms with E-state index in [1.54, 1.807) is 0 Å². The van der Waals surface area contributed by atoms with E-state index in [1.165, 1.54) is 0 Å². The van der Waals surface area contributed by atoms with Crippen molar-refractivity contribution < 1.29 is 0 Å². The lowest BCUT2D eigenvalue weighted by atomic mass is 10.2. The van der Waals surface area contributed by atoms with Crippen molar-refractivity contribution in [3.05, 3.63) is 30.5 Å². The van der Waals surface area contributed by atoms with Crippen LogP contribution >= 0.6 is 0 Å². The van der Waals surface area contributed by atoms with Gasteiger partial charge in [-0.25, -0.2) is 9.97 Å². The summed E-state index contributed by atoms with van der Waals surface area (Å²) in [7, 11) is 1.95. The number of hydrogen-bond donors (Lipinski definition) is 1. The lowest BCUT2D eigenvalue weighted by molar-refractivity contribution is 0.706. The van der Waals surface area contributed by atoms with Crippen LogP contribution in [0.1, 0.15) is 6.92 Å². The smallest absolute Gasteiger partial charge is 0.225 e. The van der Waals surface area contributed by atoms with E-state index in [9.17, 15) is 0 Å². The average Bonchev–Trinajstić information content (AvgIpc) is 2.27. The number of para-hydroxylation sites is 1. The predicted molar refractivity (Wildman–Crippen MR) is 66.5 cm³/mol. The highest BCUT2D eigenvalue weighted by Gasteiger charge is 2.06. The molecule has 4 nitrogen and oxygen atoms in total. The van der Waals surface area contributed by atoms with Crippen LogP contribution in [0.2, 0.25) is 0 Å². The lowest BCUT2D eigenvalue weighted by Gasteiger charge is -2.19. The third-order valence-electron chi connectivity index (χ3n) is 2.38. The SMILES string of the molecule is CC(N)CN(C)c1ncc2ccccc2n1. The van der Waals surface area contributed by atoms with Crippen molar-refractivity contribution in [2.45, 2.75) is 13.0 Å². The molecule has 2 aromatic rings. The molecule has 0 amide bonds. The van der Waals surface area contributed by atoms with Crippen molar-refractivity contribution in [1.82, 2.24) is 9.97 Å². The van der Waals surface area contributed by atoms with Crippen LogP contribution in [0.3, 0.4) is 0 Å². The third kappa shape index (κ3) is 2.28. The zero-order valence-electron chi connectivity index (χ0n) is 9.59. The fourth-order valence-electron chi connectivity index (χ4n) is 1.66. The van der Waals surface area contributed by atoms with Crippen LogP contribution in [0, 0.1) is 0 Å². The summed E-state index contributed by atoms with van der Waals surface area (Å²) in [6, 6.07) is 8.06. The number of rotatable bonds is 3. The van der Waals surface area contributed by atoms with E-state index in [2.05, 4.69) is 9.97 Å². The first-order chi connectivity index (χ1) is 7.66. The zero-order valence-corrected chi connectivity index (χ0v) is 9.59. The van der Waals surface area contributed by atoms with Crippen LogP contribution in [0.5, 0.6) is 0 Å². The first kappa shape index (κ1) is 10.8. The van der Waals surface area contributed by atoms with E-state index in [0.29, 0.717) is 0 Å². The van der Waals surface area contributed by atoms with E-state index in [0.717, 1.165) is 23.4 Å². The number of nitrogens with zero attached hydrogens (tertiary/aromatic N) is 3. The minimum absolute atomic E-state index is 0.111. The number of aromatic nitrogens is 2. The molecule has 1 unspecified atom stereocenters. The minimum Gasteiger partial charge on any atom is -0.342 e. The van der Waals surface area contributed by atoms with Crippen LogP contribution in [0.4, 0.5) is 5.95 Å². The Bertz CT molecular complexity index is 481. The Kier molecular flexibility index (Phi) is 3.01. The van der Waals surface area contributed by atoms with Crippen molar-refractivity contribution in [3.63, 3.8) is 0 Å². The molecule has 0 saturated heterocycles. The number of likely N-dealkylation sites (N-methyl/N-ethyl adjacent to an activating group) is 1. The molecular weight excluding hydrogens is 200 g/mol. The maximum absolute atomic E-state index is 5.75. The highest BCUT2D eigenvalue weighted by Crippen LogP contribution is 2.13. The molecule has 2 rings (SSSR count). The monoisotopic (exact) mass is 216 g/mol. The second-order valence-corrected chi connectivity index (χ2v) is 4.09. The van der Waals surface area contributed by atoms with E-state index >= 15 is 0 Å². The van der Waals surface area contributed by atoms with Crippen molar-refractivity contribution in [3.8, 4) is 0 Å². The summed E-state index contributed by atoms with van der Waals surface area (Å²) >= 11 is 0. The average molecular weight is 216 g/mol. The quantitative estimate of drug-likeness (QED) is 0.843. The molecule has 0 radical (unpaired) electrons. The molecule has 0 bridgehead atoms. The van der Waals surface area contributed by atoms with E-state index in [4.69, 9.17) is 5.73 Å². The molecule has 1 aromatic heterocycles. The Morgan fingerprint density at radius 3 is 2.88 bits per heavy atom. The van der Waals surface area contributed by atoms with Gasteiger partial charge in [0.2, 0.25) is 5.95 Å². The predicted octanol–water partition coefficient (Wildman–Crippen LogP) is 1.41. The van der Waals surface area contributed by atoms with Gasteiger partial charge in [-0.3, -0.25) is 0 Å². The highest BCUT2D eigenvalue weighted by molar-refractivity contribution is 5.78. The molecule has 0 saturated carbocycles. The number of benzene rings is 1. The number of anilines is 1. The second kappa shape index (κ2) is 4.45. The molecular formula is C12H16N4. The summed E-state index contributed by atoms with van der Waals surface area (Å²) in [5, 5.41) is 1.06. The molecule has 2 N–H and O–H groups in total. The zero-order chi connectivity index (χ0) is 11.5. The number of nitrogens with two attached hydrogens (primary N) is 1. The fraction of sp³-hybridized carbons (Fsp3) is 0.333. The normalized spacial score (nSPS) is 12.7. The van der Waals surface area contributed by atoms with Gasteiger partial charge in [-0.1, -0.05) is 18.2 Å². The number of fused-ring (bicyclic) bond motifs is 1. The lowest BCUT2D eigenvalue weighted by Crippen LogP contribution is -2.33. The highest BCUT2D eigenvalue weighted by atomic mass is 15.2. The van der Waals surface area contributed by atoms with Gasteiger partial charge < -0.3 is 10.6 Å². The first-order valence-corrected chi connectivity index (χ1v) is 5.35. The molecule has 0 aliphatic heterocycles. The van der Waals surface area contributed by atoms with Gasteiger partial charge in [0.1, 0.15) is 0 Å². The summed E-state index contributed by atoms with van der Waals surface area (Å²) in [5.74, 6) is 0.719. The van der Waals surface area contributed by atoms with Crippen LogP contribution in [-0.2, 0) is 0 Å². The third-order valence-corrected chi connectivity index (χ3v) is 2.38. The van der Waals surface area contributed by atoms with E-state index in [1.807, 2.05) is 49.3 Å². The van der Waals surface area contributed by atoms with Gasteiger partial charge in [0.15, 0.2) is 0 Å². The molecule has 1 aromatic carbocycles. The van der Waals surface area contributed by atoms with Crippen molar-refractivity contribution in [2.24, 2.45) is 5.73 Å². The first-order valence-electron chi connectivity index (χ1n) is 5.35. The van der Waals surface area contributed by atoms with Gasteiger partial charge in [0, 0.05) is 31.2 Å². The Hall–Kier alpha value is -1.68. The fourth-order valence-corrected chi connectivity index (χ4v) is 1.66. The van der Waals surface area contributed by atoms with Crippen molar-refractivity contribution in [2.75, 3.05) is 18.5 Å². The van der Waals surface area contributed by atoms with Crippen LogP contribution < -0.4 is 10.6 Å². The van der Waals surface area contributed by atoms with Gasteiger partial charge in [-0.15, -0.1) is 0 Å². The molecule has 0 spiro atoms. The van der Waals surface area contributed by atoms with Gasteiger partial charge in [0.25, 0.3) is 0 Å². The summed E-state index contributed by atoms with van der Waals surface area (Å²) in [4.78, 5) is 10.8. The van der Waals surface area contributed by atoms with Crippen LogP contribution in [0.15, 0.2) is 30.5 Å². The topological polar surface area (TPSA) is 55.0 Å². The van der Waals surface area contributed by atoms with Gasteiger partial charge in [-0.2, -0.15) is 0 Å². The maximum atomic E-state index is 5.75. The molecule has 84 valence electrons. The maximum Gasteiger partial charge on any atom is 0.225 e. The van der Waals surface area contributed by atoms with Crippen molar-refractivity contribution in [1.29, 1.82) is 0 Å². The Balaban J connectivity index is 2.32. The molecule has 16 heavy (non-hydrogen) atoms. The number of hydrogen-bond acceptors (Lipinski definition) is 4. The Morgan fingerprint density at radius 2 is 2.12 bits per heavy atom. The van der Waals surface area contributed by atoms with Crippen LogP contribution in [-0.4, -0.2) is 29.6 Å². The molecule has 0 aliphatic rings. The summed E-state index contributed by atoms with van der Waals surface area (Å²) in [6.07, 6.45) is 1.84. The second-order valence-electron chi connectivity index (χ2n) is 4.09. The van der Waals surface area contributed by atoms with Gasteiger partial charge in [-0.05, 0) is 13.0 Å². The Labute approximate surface area is 95.1 Å². The van der Waals surface area contributed by atoms with E-state index < -0.39 is 0 Å². The largest absolute Gasteiger partial charge is 0.342 e. The van der Waals surface area contributed by atoms with Crippen LogP contribution in [0.25, 0.3) is 10.9 Å². The van der Waals surface area contributed by atoms with Crippen molar-refractivity contribution >= 4 is 16.9 Å². The summed E-state index contributed by atoms with van der Waals surface area (Å²) < 4.78 is 0. The van der Waals surface area contributed by atoms with E-state index in [-0.39, 0.29) is 6.04 Å². The van der Waals surface area contributed by atoms with Gasteiger partial charge in [0.05, 0.1) is 5.52 Å². The molecule has 1 atom stereocenters. The molecule has 0 fully saturated rings. The molecule has 0 aliphatic carbocycles. The molecule has 1 heterocycles. The molecule has 4 heteroatoms. The summed E-state index contributed by atoms with van der Waals surface area (Å²) in [5.41, 5.74) is 6.71. The standard InChI is InChI=1S/C12H16N4/c1-9(13)8-16(2)12-14-7-10-5-3-4-6-11(10)15-12/h3-7,9H,8,13H2,1-2H3. The Morgan fingerprint density at radius 1 is 1.38 bits per heavy atom. The summed E-state index contributed by atoms with van der Waals surface area (Å²) in [6.45, 7) is 2.72. The van der Waals surface area contributed by atoms with Gasteiger partial charge >= 0.3 is 0 Å².